The van der Waals surface area contributed by atoms with E-state index < -0.39 is 0 Å². The third kappa shape index (κ3) is 5.52. The number of benzene rings is 1. The SMILES string of the molecule is CCC(CCCl)NC(=O)c1cccc(OC(C)C)c1. The average Bonchev–Trinajstić information content (AvgIpc) is 2.37. The second kappa shape index (κ2) is 8.05. The number of carbonyl (C=O) groups excluding carboxylic acids is 1. The van der Waals surface area contributed by atoms with E-state index in [0.717, 1.165) is 12.8 Å². The van der Waals surface area contributed by atoms with Crippen molar-refractivity contribution < 1.29 is 9.53 Å². The minimum absolute atomic E-state index is 0.0776. The number of alkyl halides is 1. The lowest BCUT2D eigenvalue weighted by Crippen LogP contribution is -2.34. The summed E-state index contributed by atoms with van der Waals surface area (Å²) in [6.07, 6.45) is 1.75. The Bertz CT molecular complexity index is 407. The van der Waals surface area contributed by atoms with Crippen LogP contribution in [0.4, 0.5) is 0 Å². The maximum atomic E-state index is 12.1. The van der Waals surface area contributed by atoms with Crippen molar-refractivity contribution in [3.05, 3.63) is 29.8 Å². The molecule has 1 amide bonds. The van der Waals surface area contributed by atoms with Crippen molar-refractivity contribution in [2.45, 2.75) is 45.8 Å². The molecule has 1 rings (SSSR count). The Balaban J connectivity index is 2.70. The molecule has 1 N–H and O–H groups in total. The van der Waals surface area contributed by atoms with Gasteiger partial charge in [0.05, 0.1) is 6.10 Å². The zero-order valence-corrected chi connectivity index (χ0v) is 12.5. The molecule has 0 saturated carbocycles. The Morgan fingerprint density at radius 1 is 1.42 bits per heavy atom. The first-order valence-electron chi connectivity index (χ1n) is 6.70. The van der Waals surface area contributed by atoms with Crippen molar-refractivity contribution in [3.63, 3.8) is 0 Å². The van der Waals surface area contributed by atoms with Crippen molar-refractivity contribution in [2.75, 3.05) is 5.88 Å². The van der Waals surface area contributed by atoms with E-state index in [4.69, 9.17) is 16.3 Å². The normalized spacial score (nSPS) is 12.3. The van der Waals surface area contributed by atoms with Crippen LogP contribution in [0, 0.1) is 0 Å². The van der Waals surface area contributed by atoms with Crippen molar-refractivity contribution >= 4 is 17.5 Å². The molecule has 0 aromatic heterocycles. The number of amides is 1. The first kappa shape index (κ1) is 15.8. The standard InChI is InChI=1S/C15H22ClNO2/c1-4-13(8-9-16)17-15(18)12-6-5-7-14(10-12)19-11(2)3/h5-7,10-11,13H,4,8-9H2,1-3H3,(H,17,18). The first-order chi connectivity index (χ1) is 9.06. The second-order valence-electron chi connectivity index (χ2n) is 4.75. The van der Waals surface area contributed by atoms with Crippen molar-refractivity contribution in [3.8, 4) is 5.75 Å². The smallest absolute Gasteiger partial charge is 0.251 e. The molecule has 1 atom stereocenters. The Morgan fingerprint density at radius 3 is 2.74 bits per heavy atom. The molecule has 3 nitrogen and oxygen atoms in total. The van der Waals surface area contributed by atoms with E-state index in [0.29, 0.717) is 17.2 Å². The molecule has 0 aliphatic heterocycles. The lowest BCUT2D eigenvalue weighted by atomic mass is 10.1. The number of rotatable bonds is 7. The van der Waals surface area contributed by atoms with Crippen LogP contribution >= 0.6 is 11.6 Å². The van der Waals surface area contributed by atoms with E-state index >= 15 is 0 Å². The molecule has 1 aromatic rings. The number of ether oxygens (including phenoxy) is 1. The van der Waals surface area contributed by atoms with Gasteiger partial charge in [0, 0.05) is 17.5 Å². The number of halogens is 1. The number of nitrogens with one attached hydrogen (secondary N) is 1. The summed E-state index contributed by atoms with van der Waals surface area (Å²) in [4.78, 5) is 12.1. The topological polar surface area (TPSA) is 38.3 Å². The van der Waals surface area contributed by atoms with Gasteiger partial charge in [-0.15, -0.1) is 11.6 Å². The van der Waals surface area contributed by atoms with Crippen LogP contribution < -0.4 is 10.1 Å². The van der Waals surface area contributed by atoms with Gasteiger partial charge in [0.2, 0.25) is 0 Å². The van der Waals surface area contributed by atoms with E-state index in [1.54, 1.807) is 12.1 Å². The van der Waals surface area contributed by atoms with Crippen LogP contribution in [-0.4, -0.2) is 23.9 Å². The molecule has 1 unspecified atom stereocenters. The van der Waals surface area contributed by atoms with E-state index in [1.165, 1.54) is 0 Å². The summed E-state index contributed by atoms with van der Waals surface area (Å²) in [5.41, 5.74) is 0.617. The van der Waals surface area contributed by atoms with Crippen LogP contribution in [0.15, 0.2) is 24.3 Å². The van der Waals surface area contributed by atoms with Crippen LogP contribution in [0.5, 0.6) is 5.75 Å². The minimum Gasteiger partial charge on any atom is -0.491 e. The van der Waals surface area contributed by atoms with Gasteiger partial charge in [-0.3, -0.25) is 4.79 Å². The Kier molecular flexibility index (Phi) is 6.71. The quantitative estimate of drug-likeness (QED) is 0.776. The van der Waals surface area contributed by atoms with Crippen LogP contribution in [-0.2, 0) is 0 Å². The highest BCUT2D eigenvalue weighted by molar-refractivity contribution is 6.17. The van der Waals surface area contributed by atoms with Gasteiger partial charge in [-0.25, -0.2) is 0 Å². The Hall–Kier alpha value is -1.22. The summed E-state index contributed by atoms with van der Waals surface area (Å²) >= 11 is 5.72. The third-order valence-corrected chi connectivity index (χ3v) is 2.97. The summed E-state index contributed by atoms with van der Waals surface area (Å²) in [5, 5.41) is 2.99. The largest absolute Gasteiger partial charge is 0.491 e. The highest BCUT2D eigenvalue weighted by Gasteiger charge is 2.12. The summed E-state index contributed by atoms with van der Waals surface area (Å²) in [6, 6.07) is 7.36. The fraction of sp³-hybridized carbons (Fsp3) is 0.533. The minimum atomic E-state index is -0.0776. The lowest BCUT2D eigenvalue weighted by molar-refractivity contribution is 0.0934. The van der Waals surface area contributed by atoms with Crippen LogP contribution in [0.1, 0.15) is 44.0 Å². The van der Waals surface area contributed by atoms with Gasteiger partial charge in [-0.2, -0.15) is 0 Å². The molecule has 0 radical (unpaired) electrons. The fourth-order valence-corrected chi connectivity index (χ4v) is 2.03. The average molecular weight is 284 g/mol. The van der Waals surface area contributed by atoms with Gasteiger partial charge in [0.1, 0.15) is 5.75 Å². The zero-order chi connectivity index (χ0) is 14.3. The predicted molar refractivity (Wildman–Crippen MR) is 79.1 cm³/mol. The van der Waals surface area contributed by atoms with E-state index in [2.05, 4.69) is 5.32 Å². The molecule has 106 valence electrons. The molecule has 0 heterocycles. The van der Waals surface area contributed by atoms with Gasteiger partial charge >= 0.3 is 0 Å². The van der Waals surface area contributed by atoms with E-state index in [1.807, 2.05) is 32.9 Å². The summed E-state index contributed by atoms with van der Waals surface area (Å²) in [5.74, 6) is 1.19. The summed E-state index contributed by atoms with van der Waals surface area (Å²) in [6.45, 7) is 5.95. The highest BCUT2D eigenvalue weighted by atomic mass is 35.5. The monoisotopic (exact) mass is 283 g/mol. The van der Waals surface area contributed by atoms with Crippen LogP contribution in [0.2, 0.25) is 0 Å². The van der Waals surface area contributed by atoms with Crippen molar-refractivity contribution in [2.24, 2.45) is 0 Å². The summed E-state index contributed by atoms with van der Waals surface area (Å²) in [7, 11) is 0. The molecule has 0 aliphatic carbocycles. The molecule has 0 aliphatic rings. The number of carbonyl (C=O) groups is 1. The molecular weight excluding hydrogens is 262 g/mol. The predicted octanol–water partition coefficient (Wildman–Crippen LogP) is 3.61. The second-order valence-corrected chi connectivity index (χ2v) is 5.13. The highest BCUT2D eigenvalue weighted by Crippen LogP contribution is 2.15. The molecule has 0 bridgehead atoms. The van der Waals surface area contributed by atoms with Gasteiger partial charge in [0.15, 0.2) is 0 Å². The molecule has 1 aromatic carbocycles. The van der Waals surface area contributed by atoms with Crippen LogP contribution in [0.3, 0.4) is 0 Å². The van der Waals surface area contributed by atoms with Crippen molar-refractivity contribution in [1.29, 1.82) is 0 Å². The summed E-state index contributed by atoms with van der Waals surface area (Å²) < 4.78 is 5.58. The zero-order valence-electron chi connectivity index (χ0n) is 11.8. The van der Waals surface area contributed by atoms with E-state index in [-0.39, 0.29) is 18.1 Å². The van der Waals surface area contributed by atoms with E-state index in [9.17, 15) is 4.79 Å². The molecule has 4 heteroatoms. The fourth-order valence-electron chi connectivity index (χ4n) is 1.76. The number of hydrogen-bond acceptors (Lipinski definition) is 2. The number of hydrogen-bond donors (Lipinski definition) is 1. The molecule has 19 heavy (non-hydrogen) atoms. The first-order valence-corrected chi connectivity index (χ1v) is 7.23. The molecular formula is C15H22ClNO2. The van der Waals surface area contributed by atoms with Gasteiger partial charge < -0.3 is 10.1 Å². The molecule has 0 fully saturated rings. The Morgan fingerprint density at radius 2 is 2.16 bits per heavy atom. The van der Waals surface area contributed by atoms with Crippen LogP contribution in [0.25, 0.3) is 0 Å². The van der Waals surface area contributed by atoms with Crippen molar-refractivity contribution in [1.82, 2.24) is 5.32 Å². The molecule has 0 saturated heterocycles. The van der Waals surface area contributed by atoms with Gasteiger partial charge in [-0.05, 0) is 44.9 Å². The maximum Gasteiger partial charge on any atom is 0.251 e. The van der Waals surface area contributed by atoms with Gasteiger partial charge in [-0.1, -0.05) is 13.0 Å². The molecule has 0 spiro atoms. The van der Waals surface area contributed by atoms with Gasteiger partial charge in [0.25, 0.3) is 5.91 Å². The maximum absolute atomic E-state index is 12.1. The lowest BCUT2D eigenvalue weighted by Gasteiger charge is -2.16. The third-order valence-electron chi connectivity index (χ3n) is 2.75. The Labute approximate surface area is 120 Å².